The quantitative estimate of drug-likeness (QED) is 0.0869. The molecule has 0 aliphatic heterocycles. The maximum atomic E-state index is 14.3. The Labute approximate surface area is 428 Å². The third-order valence-corrected chi connectivity index (χ3v) is 13.6. The maximum absolute atomic E-state index is 14.3. The molecule has 72 heavy (non-hydrogen) atoms. The minimum atomic E-state index is -0.0798. The van der Waals surface area contributed by atoms with E-state index in [1.807, 2.05) is 174 Å². The molecule has 0 amide bonds. The van der Waals surface area contributed by atoms with E-state index in [0.29, 0.717) is 22.3 Å². The normalized spacial score (nSPS) is 11.0. The highest BCUT2D eigenvalue weighted by Gasteiger charge is 2.21. The van der Waals surface area contributed by atoms with Gasteiger partial charge >= 0.3 is 0 Å². The summed E-state index contributed by atoms with van der Waals surface area (Å²) in [5.41, 5.74) is 18.9. The molecule has 0 N–H and O–H groups in total. The van der Waals surface area contributed by atoms with Crippen LogP contribution in [0.25, 0.3) is 22.3 Å². The first-order valence-corrected chi connectivity index (χ1v) is 24.5. The van der Waals surface area contributed by atoms with E-state index in [1.165, 1.54) is 0 Å². The van der Waals surface area contributed by atoms with E-state index < -0.39 is 0 Å². The summed E-state index contributed by atoms with van der Waals surface area (Å²) in [7, 11) is 0. The first-order chi connectivity index (χ1) is 35.1. The van der Waals surface area contributed by atoms with Gasteiger partial charge in [-0.25, -0.2) is 0 Å². The lowest BCUT2D eigenvalue weighted by Gasteiger charge is -2.27. The number of hydrogen-bond donors (Lipinski definition) is 1. The van der Waals surface area contributed by atoms with E-state index in [9.17, 15) is 9.59 Å². The van der Waals surface area contributed by atoms with Gasteiger partial charge in [-0.05, 0) is 169 Å². The Morgan fingerprint density at radius 3 is 0.958 bits per heavy atom. The Bertz CT molecular complexity index is 3460. The third-order valence-electron chi connectivity index (χ3n) is 13.2. The molecule has 0 radical (unpaired) electrons. The maximum Gasteiger partial charge on any atom is 0.193 e. The van der Waals surface area contributed by atoms with Crippen LogP contribution in [0.15, 0.2) is 243 Å². The predicted octanol–water partition coefficient (Wildman–Crippen LogP) is 17.6. The van der Waals surface area contributed by atoms with Crippen LogP contribution in [0.5, 0.6) is 0 Å². The molecule has 10 aromatic carbocycles. The number of para-hydroxylation sites is 4. The molecule has 0 aliphatic rings. The molecular weight excluding hydrogens is 899 g/mol. The fraction of sp³-hybridized carbons (Fsp3) is 0.0606. The zero-order chi connectivity index (χ0) is 49.7. The molecule has 0 heterocycles. The van der Waals surface area contributed by atoms with E-state index in [1.54, 1.807) is 0 Å². The van der Waals surface area contributed by atoms with Crippen molar-refractivity contribution in [3.05, 3.63) is 287 Å². The predicted molar refractivity (Wildman–Crippen MR) is 303 cm³/mol. The van der Waals surface area contributed by atoms with Crippen molar-refractivity contribution in [3.63, 3.8) is 0 Å². The summed E-state index contributed by atoms with van der Waals surface area (Å²) in [4.78, 5) is 33.0. The van der Waals surface area contributed by atoms with Crippen LogP contribution in [0.1, 0.15) is 54.1 Å². The van der Waals surface area contributed by atoms with Gasteiger partial charge < -0.3 is 9.80 Å². The van der Waals surface area contributed by atoms with Crippen LogP contribution in [0.2, 0.25) is 0 Å². The lowest BCUT2D eigenvalue weighted by atomic mass is 9.93. The van der Waals surface area contributed by atoms with E-state index >= 15 is 0 Å². The van der Waals surface area contributed by atoms with Gasteiger partial charge in [-0.1, -0.05) is 158 Å². The van der Waals surface area contributed by atoms with Gasteiger partial charge in [-0.3, -0.25) is 13.9 Å². The number of anilines is 8. The topological polar surface area (TPSA) is 43.9 Å². The van der Waals surface area contributed by atoms with Gasteiger partial charge in [0.15, 0.2) is 11.6 Å². The molecule has 0 bridgehead atoms. The monoisotopic (exact) mass is 951 g/mol. The molecule has 0 saturated carbocycles. The summed E-state index contributed by atoms with van der Waals surface area (Å²) in [5, 5.41) is 0. The Kier molecular flexibility index (Phi) is 13.5. The van der Waals surface area contributed by atoms with Crippen molar-refractivity contribution in [3.8, 4) is 22.3 Å². The van der Waals surface area contributed by atoms with Gasteiger partial charge in [0.2, 0.25) is 0 Å². The van der Waals surface area contributed by atoms with Crippen LogP contribution >= 0.6 is 12.8 Å². The molecular formula is C66H53N3O2S. The number of aryl methyl sites for hydroxylation is 4. The molecule has 5 nitrogen and oxygen atoms in total. The molecule has 0 atom stereocenters. The second kappa shape index (κ2) is 20.7. The Balaban J connectivity index is 0.894. The van der Waals surface area contributed by atoms with E-state index in [-0.39, 0.29) is 11.6 Å². The molecule has 350 valence electrons. The largest absolute Gasteiger partial charge is 0.310 e. The summed E-state index contributed by atoms with van der Waals surface area (Å²) < 4.78 is 1.89. The van der Waals surface area contributed by atoms with Crippen LogP contribution in [-0.4, -0.2) is 11.6 Å². The van der Waals surface area contributed by atoms with Gasteiger partial charge in [0.05, 0.1) is 11.4 Å². The second-order valence-corrected chi connectivity index (χ2v) is 18.5. The van der Waals surface area contributed by atoms with Crippen LogP contribution in [0, 0.1) is 27.7 Å². The smallest absolute Gasteiger partial charge is 0.193 e. The number of ketones is 2. The number of hydrogen-bond acceptors (Lipinski definition) is 6. The highest BCUT2D eigenvalue weighted by Crippen LogP contribution is 2.41. The minimum absolute atomic E-state index is 0.0777. The summed E-state index contributed by atoms with van der Waals surface area (Å²) in [5.74, 6) is -0.157. The standard InChI is InChI=1S/C66H53N3O2S/c1-45-39-61(67(55-21-9-5-10-22-55)56-23-11-6-12-24-56)40-46(2)63(45)49-31-35-51(36-32-49)65(70)53-19-17-29-59(43-53)68(57-25-13-7-14-26-57)60-30-18-20-54(44-60)66(71)52-37-33-50(34-38-52)64-47(3)41-62(42-48(64)4)69(72)58-27-15-8-16-28-58/h5-44,72H,1-4H3. The number of nitrogens with zero attached hydrogens (tertiary/aromatic N) is 3. The van der Waals surface area contributed by atoms with Crippen LogP contribution in [0.3, 0.4) is 0 Å². The Morgan fingerprint density at radius 2 is 0.597 bits per heavy atom. The summed E-state index contributed by atoms with van der Waals surface area (Å²) in [6.07, 6.45) is 0. The average Bonchev–Trinajstić information content (AvgIpc) is 3.42. The lowest BCUT2D eigenvalue weighted by Crippen LogP contribution is -2.12. The highest BCUT2D eigenvalue weighted by atomic mass is 32.1. The summed E-state index contributed by atoms with van der Waals surface area (Å²) >= 11 is 4.80. The van der Waals surface area contributed by atoms with Crippen molar-refractivity contribution in [1.29, 1.82) is 0 Å². The summed E-state index contributed by atoms with van der Waals surface area (Å²) in [6.45, 7) is 8.52. The fourth-order valence-corrected chi connectivity index (χ4v) is 10.1. The summed E-state index contributed by atoms with van der Waals surface area (Å²) in [6, 6.07) is 80.9. The number of carbonyl (C=O) groups excluding carboxylic acids is 2. The van der Waals surface area contributed by atoms with Gasteiger partial charge in [-0.15, -0.1) is 0 Å². The molecule has 10 aromatic rings. The lowest BCUT2D eigenvalue weighted by molar-refractivity contribution is 0.103. The number of benzene rings is 10. The SMILES string of the molecule is Cc1cc(N(S)c2ccccc2)cc(C)c1-c1ccc(C(=O)c2cccc(N(c3ccccc3)c3cccc(C(=O)c4ccc(-c5c(C)cc(N(c6ccccc6)c6ccccc6)cc5C)cc4)c3)c2)cc1. The minimum Gasteiger partial charge on any atom is -0.310 e. The van der Waals surface area contributed by atoms with E-state index in [4.69, 9.17) is 12.8 Å². The zero-order valence-electron chi connectivity index (χ0n) is 40.7. The molecule has 0 aliphatic carbocycles. The number of carbonyl (C=O) groups is 2. The number of thiol groups is 1. The molecule has 0 spiro atoms. The molecule has 6 heteroatoms. The van der Waals surface area contributed by atoms with Gasteiger partial charge in [-0.2, -0.15) is 0 Å². The Hall–Kier alpha value is -8.71. The second-order valence-electron chi connectivity index (χ2n) is 18.1. The van der Waals surface area contributed by atoms with Crippen molar-refractivity contribution in [1.82, 2.24) is 0 Å². The van der Waals surface area contributed by atoms with Gasteiger partial charge in [0.25, 0.3) is 0 Å². The van der Waals surface area contributed by atoms with Crippen LogP contribution < -0.4 is 14.1 Å². The third kappa shape index (κ3) is 9.73. The molecule has 10 rings (SSSR count). The first kappa shape index (κ1) is 47.0. The molecule has 0 unspecified atom stereocenters. The van der Waals surface area contributed by atoms with Crippen molar-refractivity contribution in [2.75, 3.05) is 14.1 Å². The van der Waals surface area contributed by atoms with Crippen molar-refractivity contribution in [2.24, 2.45) is 0 Å². The molecule has 0 saturated heterocycles. The van der Waals surface area contributed by atoms with E-state index in [0.717, 1.165) is 90.0 Å². The zero-order valence-corrected chi connectivity index (χ0v) is 41.6. The highest BCUT2D eigenvalue weighted by molar-refractivity contribution is 7.82. The van der Waals surface area contributed by atoms with E-state index in [2.05, 4.69) is 110 Å². The van der Waals surface area contributed by atoms with Crippen molar-refractivity contribution < 1.29 is 9.59 Å². The van der Waals surface area contributed by atoms with Crippen molar-refractivity contribution >= 4 is 69.9 Å². The first-order valence-electron chi connectivity index (χ1n) is 24.1. The molecule has 0 aromatic heterocycles. The number of rotatable bonds is 14. The average molecular weight is 952 g/mol. The Morgan fingerprint density at radius 1 is 0.292 bits per heavy atom. The fourth-order valence-electron chi connectivity index (χ4n) is 9.87. The van der Waals surface area contributed by atoms with Gasteiger partial charge in [0.1, 0.15) is 0 Å². The van der Waals surface area contributed by atoms with Gasteiger partial charge in [0, 0.05) is 56.4 Å². The molecule has 0 fully saturated rings. The van der Waals surface area contributed by atoms with Crippen LogP contribution in [0.4, 0.5) is 45.5 Å². The van der Waals surface area contributed by atoms with Crippen LogP contribution in [-0.2, 0) is 0 Å². The van der Waals surface area contributed by atoms with Crippen molar-refractivity contribution in [2.45, 2.75) is 27.7 Å².